The Balaban J connectivity index is 2.21. The van der Waals surface area contributed by atoms with Crippen LogP contribution in [0.3, 0.4) is 0 Å². The molecular formula is C12H20O3. The van der Waals surface area contributed by atoms with Crippen LogP contribution < -0.4 is 0 Å². The van der Waals surface area contributed by atoms with E-state index in [1.807, 2.05) is 0 Å². The lowest BCUT2D eigenvalue weighted by Crippen LogP contribution is -2.46. The molecule has 15 heavy (non-hydrogen) atoms. The molecule has 2 aliphatic rings. The molecule has 3 heteroatoms. The van der Waals surface area contributed by atoms with Gasteiger partial charge in [-0.2, -0.15) is 0 Å². The van der Waals surface area contributed by atoms with Crippen molar-refractivity contribution in [3.05, 3.63) is 0 Å². The summed E-state index contributed by atoms with van der Waals surface area (Å²) in [6.45, 7) is 5.05. The van der Waals surface area contributed by atoms with Gasteiger partial charge in [0.1, 0.15) is 0 Å². The lowest BCUT2D eigenvalue weighted by Gasteiger charge is -2.44. The van der Waals surface area contributed by atoms with Gasteiger partial charge in [0.15, 0.2) is 0 Å². The minimum atomic E-state index is -0.676. The molecule has 1 aliphatic carbocycles. The second kappa shape index (κ2) is 3.48. The van der Waals surface area contributed by atoms with Crippen LogP contribution in [-0.2, 0) is 9.53 Å². The molecule has 2 unspecified atom stereocenters. The molecule has 2 rings (SSSR count). The molecule has 86 valence electrons. The van der Waals surface area contributed by atoms with Gasteiger partial charge in [0.2, 0.25) is 0 Å². The van der Waals surface area contributed by atoms with Gasteiger partial charge in [-0.3, -0.25) is 4.79 Å². The second-order valence-electron chi connectivity index (χ2n) is 5.79. The smallest absolute Gasteiger partial charge is 0.309 e. The van der Waals surface area contributed by atoms with Gasteiger partial charge in [-0.15, -0.1) is 0 Å². The molecule has 0 aromatic rings. The number of hydrogen-bond donors (Lipinski definition) is 1. The standard InChI is InChI=1S/C12H20O3/c1-11(2)5-3-6-12(8-11)9(10(13)14)4-7-15-12/h9H,3-8H2,1-2H3,(H,13,14). The van der Waals surface area contributed by atoms with Gasteiger partial charge in [0.25, 0.3) is 0 Å². The van der Waals surface area contributed by atoms with E-state index in [1.165, 1.54) is 6.42 Å². The summed E-state index contributed by atoms with van der Waals surface area (Å²) in [5, 5.41) is 9.22. The van der Waals surface area contributed by atoms with Gasteiger partial charge in [-0.25, -0.2) is 0 Å². The van der Waals surface area contributed by atoms with Crippen molar-refractivity contribution in [3.63, 3.8) is 0 Å². The fourth-order valence-electron chi connectivity index (χ4n) is 3.37. The third-order valence-corrected chi connectivity index (χ3v) is 3.96. The summed E-state index contributed by atoms with van der Waals surface area (Å²) in [6, 6.07) is 0. The molecule has 1 heterocycles. The molecular weight excluding hydrogens is 192 g/mol. The second-order valence-corrected chi connectivity index (χ2v) is 5.79. The lowest BCUT2D eigenvalue weighted by molar-refractivity contribution is -0.153. The molecule has 3 nitrogen and oxygen atoms in total. The summed E-state index contributed by atoms with van der Waals surface area (Å²) < 4.78 is 5.81. The van der Waals surface area contributed by atoms with Crippen molar-refractivity contribution in [2.75, 3.05) is 6.61 Å². The van der Waals surface area contributed by atoms with E-state index >= 15 is 0 Å². The van der Waals surface area contributed by atoms with Crippen molar-refractivity contribution in [2.24, 2.45) is 11.3 Å². The Hall–Kier alpha value is -0.570. The predicted octanol–water partition coefficient (Wildman–Crippen LogP) is 2.45. The van der Waals surface area contributed by atoms with Gasteiger partial charge in [0, 0.05) is 6.61 Å². The Morgan fingerprint density at radius 3 is 2.73 bits per heavy atom. The summed E-state index contributed by atoms with van der Waals surface area (Å²) in [6.07, 6.45) is 4.79. The summed E-state index contributed by atoms with van der Waals surface area (Å²) >= 11 is 0. The van der Waals surface area contributed by atoms with Crippen LogP contribution in [0.4, 0.5) is 0 Å². The number of carboxylic acid groups (broad SMARTS) is 1. The molecule has 1 N–H and O–H groups in total. The van der Waals surface area contributed by atoms with E-state index in [1.54, 1.807) is 0 Å². The normalized spacial score (nSPS) is 39.5. The molecule has 0 aromatic heterocycles. The number of hydrogen-bond acceptors (Lipinski definition) is 2. The topological polar surface area (TPSA) is 46.5 Å². The maximum atomic E-state index is 11.2. The van der Waals surface area contributed by atoms with Gasteiger partial charge in [-0.05, 0) is 31.1 Å². The monoisotopic (exact) mass is 212 g/mol. The minimum Gasteiger partial charge on any atom is -0.481 e. The molecule has 1 aliphatic heterocycles. The molecule has 0 amide bonds. The van der Waals surface area contributed by atoms with E-state index < -0.39 is 5.97 Å². The third kappa shape index (κ3) is 1.89. The van der Waals surface area contributed by atoms with Crippen molar-refractivity contribution in [1.29, 1.82) is 0 Å². The van der Waals surface area contributed by atoms with Gasteiger partial charge in [0.05, 0.1) is 11.5 Å². The van der Waals surface area contributed by atoms with E-state index in [0.717, 1.165) is 19.3 Å². The first-order chi connectivity index (χ1) is 6.95. The average molecular weight is 212 g/mol. The number of aliphatic carboxylic acids is 1. The SMILES string of the molecule is CC1(C)CCCC2(C1)OCCC2C(=O)O. The van der Waals surface area contributed by atoms with Crippen molar-refractivity contribution in [3.8, 4) is 0 Å². The van der Waals surface area contributed by atoms with Crippen LogP contribution in [-0.4, -0.2) is 23.3 Å². The van der Waals surface area contributed by atoms with E-state index in [-0.39, 0.29) is 16.9 Å². The Morgan fingerprint density at radius 2 is 2.13 bits per heavy atom. The molecule has 0 bridgehead atoms. The highest BCUT2D eigenvalue weighted by Crippen LogP contribution is 2.50. The highest BCUT2D eigenvalue weighted by Gasteiger charge is 2.52. The lowest BCUT2D eigenvalue weighted by atomic mass is 9.65. The van der Waals surface area contributed by atoms with Gasteiger partial charge in [-0.1, -0.05) is 20.3 Å². The molecule has 1 saturated heterocycles. The molecule has 1 spiro atoms. The quantitative estimate of drug-likeness (QED) is 0.726. The maximum Gasteiger partial charge on any atom is 0.309 e. The van der Waals surface area contributed by atoms with E-state index in [0.29, 0.717) is 13.0 Å². The van der Waals surface area contributed by atoms with Gasteiger partial charge < -0.3 is 9.84 Å². The maximum absolute atomic E-state index is 11.2. The number of carboxylic acids is 1. The fourth-order valence-corrected chi connectivity index (χ4v) is 3.37. The summed E-state index contributed by atoms with van der Waals surface area (Å²) in [5.74, 6) is -0.956. The summed E-state index contributed by atoms with van der Waals surface area (Å²) in [5.41, 5.74) is -0.121. The van der Waals surface area contributed by atoms with Crippen LogP contribution in [0.1, 0.15) is 46.0 Å². The zero-order chi connectivity index (χ0) is 11.1. The zero-order valence-electron chi connectivity index (χ0n) is 9.58. The minimum absolute atomic E-state index is 0.232. The van der Waals surface area contributed by atoms with Crippen LogP contribution in [0.5, 0.6) is 0 Å². The first-order valence-electron chi connectivity index (χ1n) is 5.82. The van der Waals surface area contributed by atoms with Crippen molar-refractivity contribution in [2.45, 2.75) is 51.6 Å². The first-order valence-corrected chi connectivity index (χ1v) is 5.82. The van der Waals surface area contributed by atoms with Crippen molar-refractivity contribution >= 4 is 5.97 Å². The first kappa shape index (κ1) is 10.9. The molecule has 0 radical (unpaired) electrons. The molecule has 1 saturated carbocycles. The van der Waals surface area contributed by atoms with E-state index in [2.05, 4.69) is 13.8 Å². The van der Waals surface area contributed by atoms with Crippen LogP contribution in [0.15, 0.2) is 0 Å². The Kier molecular flexibility index (Phi) is 2.53. The molecule has 2 atom stereocenters. The van der Waals surface area contributed by atoms with Crippen molar-refractivity contribution in [1.82, 2.24) is 0 Å². The number of carbonyl (C=O) groups is 1. The molecule has 0 aromatic carbocycles. The van der Waals surface area contributed by atoms with E-state index in [9.17, 15) is 9.90 Å². The highest BCUT2D eigenvalue weighted by molar-refractivity contribution is 5.72. The van der Waals surface area contributed by atoms with Crippen molar-refractivity contribution < 1.29 is 14.6 Å². The van der Waals surface area contributed by atoms with Gasteiger partial charge >= 0.3 is 5.97 Å². The van der Waals surface area contributed by atoms with Crippen LogP contribution in [0, 0.1) is 11.3 Å². The summed E-state index contributed by atoms with van der Waals surface area (Å²) in [7, 11) is 0. The van der Waals surface area contributed by atoms with Crippen LogP contribution in [0.2, 0.25) is 0 Å². The average Bonchev–Trinajstić information content (AvgIpc) is 2.45. The highest BCUT2D eigenvalue weighted by atomic mass is 16.5. The van der Waals surface area contributed by atoms with Crippen LogP contribution in [0.25, 0.3) is 0 Å². The zero-order valence-corrected chi connectivity index (χ0v) is 9.58. The Bertz CT molecular complexity index is 272. The largest absolute Gasteiger partial charge is 0.481 e. The number of ether oxygens (including phenoxy) is 1. The van der Waals surface area contributed by atoms with Crippen LogP contribution >= 0.6 is 0 Å². The Labute approximate surface area is 90.8 Å². The predicted molar refractivity (Wildman–Crippen MR) is 56.7 cm³/mol. The fraction of sp³-hybridized carbons (Fsp3) is 0.917. The number of rotatable bonds is 1. The molecule has 2 fully saturated rings. The summed E-state index contributed by atoms with van der Waals surface area (Å²) in [4.78, 5) is 11.2. The Morgan fingerprint density at radius 1 is 1.40 bits per heavy atom. The third-order valence-electron chi connectivity index (χ3n) is 3.96. The van der Waals surface area contributed by atoms with E-state index in [4.69, 9.17) is 4.74 Å².